The molecule has 0 aliphatic rings. The molecule has 3 nitrogen and oxygen atoms in total. The van der Waals surface area contributed by atoms with Gasteiger partial charge < -0.3 is 5.32 Å². The van der Waals surface area contributed by atoms with Crippen molar-refractivity contribution >= 4 is 34.5 Å². The fourth-order valence-electron chi connectivity index (χ4n) is 1.25. The molecule has 1 amide bonds. The normalized spacial score (nSPS) is 10.1. The zero-order chi connectivity index (χ0) is 11.4. The van der Waals surface area contributed by atoms with Crippen molar-refractivity contribution in [1.82, 2.24) is 4.98 Å². The van der Waals surface area contributed by atoms with E-state index in [0.717, 1.165) is 11.3 Å². The lowest BCUT2D eigenvalue weighted by Crippen LogP contribution is -2.10. The summed E-state index contributed by atoms with van der Waals surface area (Å²) in [5.41, 5.74) is 3.35. The topological polar surface area (TPSA) is 42.0 Å². The lowest BCUT2D eigenvalue weighted by atomic mass is 10.2. The monoisotopic (exact) mass is 252 g/mol. The third-order valence-electron chi connectivity index (χ3n) is 2.00. The molecule has 16 heavy (non-hydrogen) atoms. The Labute approximate surface area is 102 Å². The van der Waals surface area contributed by atoms with E-state index in [1.54, 1.807) is 11.7 Å². The number of alkyl halides is 1. The van der Waals surface area contributed by atoms with Gasteiger partial charge in [0, 0.05) is 11.6 Å². The molecule has 1 N–H and O–H groups in total. The minimum absolute atomic E-state index is 0.144. The summed E-state index contributed by atoms with van der Waals surface area (Å²) in [6, 6.07) is 7.45. The van der Waals surface area contributed by atoms with E-state index in [-0.39, 0.29) is 5.91 Å². The highest BCUT2D eigenvalue weighted by atomic mass is 35.5. The molecular weight excluding hydrogens is 244 g/mol. The SMILES string of the molecule is O=C(Nc1cccc(CCl)c1)c1cncs1. The molecule has 0 bridgehead atoms. The van der Waals surface area contributed by atoms with E-state index in [1.165, 1.54) is 11.3 Å². The number of benzene rings is 1. The molecule has 0 atom stereocenters. The molecule has 0 saturated heterocycles. The first-order valence-electron chi connectivity index (χ1n) is 4.64. The zero-order valence-electron chi connectivity index (χ0n) is 8.31. The third kappa shape index (κ3) is 2.59. The number of carbonyl (C=O) groups excluding carboxylic acids is 1. The standard InChI is InChI=1S/C11H9ClN2OS/c12-5-8-2-1-3-9(4-8)14-11(15)10-6-13-7-16-10/h1-4,6-7H,5H2,(H,14,15). The lowest BCUT2D eigenvalue weighted by molar-refractivity contribution is 0.103. The van der Waals surface area contributed by atoms with E-state index in [9.17, 15) is 4.79 Å². The highest BCUT2D eigenvalue weighted by Gasteiger charge is 2.07. The van der Waals surface area contributed by atoms with Gasteiger partial charge in [-0.15, -0.1) is 22.9 Å². The van der Waals surface area contributed by atoms with Crippen LogP contribution in [0.5, 0.6) is 0 Å². The predicted octanol–water partition coefficient (Wildman–Crippen LogP) is 3.13. The number of amides is 1. The van der Waals surface area contributed by atoms with E-state index >= 15 is 0 Å². The van der Waals surface area contributed by atoms with Gasteiger partial charge in [0.15, 0.2) is 0 Å². The number of rotatable bonds is 3. The number of halogens is 1. The average molecular weight is 253 g/mol. The van der Waals surface area contributed by atoms with Gasteiger partial charge in [0.25, 0.3) is 5.91 Å². The van der Waals surface area contributed by atoms with Crippen molar-refractivity contribution in [3.63, 3.8) is 0 Å². The second kappa shape index (κ2) is 5.09. The Hall–Kier alpha value is -1.39. The molecule has 2 aromatic rings. The third-order valence-corrected chi connectivity index (χ3v) is 3.08. The van der Waals surface area contributed by atoms with Gasteiger partial charge in [-0.25, -0.2) is 0 Å². The quantitative estimate of drug-likeness (QED) is 0.853. The van der Waals surface area contributed by atoms with Crippen LogP contribution in [0.1, 0.15) is 15.2 Å². The van der Waals surface area contributed by atoms with Crippen LogP contribution in [0, 0.1) is 0 Å². The number of aromatic nitrogens is 1. The van der Waals surface area contributed by atoms with Crippen LogP contribution in [0.15, 0.2) is 36.0 Å². The molecular formula is C11H9ClN2OS. The van der Waals surface area contributed by atoms with Crippen LogP contribution in [-0.4, -0.2) is 10.9 Å². The Bertz CT molecular complexity index is 484. The molecule has 82 valence electrons. The second-order valence-electron chi connectivity index (χ2n) is 3.15. The molecule has 2 rings (SSSR count). The van der Waals surface area contributed by atoms with Crippen molar-refractivity contribution in [2.24, 2.45) is 0 Å². The van der Waals surface area contributed by atoms with Gasteiger partial charge in [0.1, 0.15) is 4.88 Å². The van der Waals surface area contributed by atoms with Crippen LogP contribution in [0.2, 0.25) is 0 Å². The number of hydrogen-bond donors (Lipinski definition) is 1. The van der Waals surface area contributed by atoms with Crippen LogP contribution >= 0.6 is 22.9 Å². The van der Waals surface area contributed by atoms with Crippen molar-refractivity contribution in [1.29, 1.82) is 0 Å². The maximum absolute atomic E-state index is 11.7. The summed E-state index contributed by atoms with van der Waals surface area (Å²) in [7, 11) is 0. The Kier molecular flexibility index (Phi) is 3.54. The van der Waals surface area contributed by atoms with E-state index in [1.807, 2.05) is 24.3 Å². The smallest absolute Gasteiger partial charge is 0.267 e. The largest absolute Gasteiger partial charge is 0.321 e. The van der Waals surface area contributed by atoms with Crippen LogP contribution in [0.25, 0.3) is 0 Å². The van der Waals surface area contributed by atoms with Gasteiger partial charge in [-0.1, -0.05) is 12.1 Å². The van der Waals surface area contributed by atoms with E-state index in [2.05, 4.69) is 10.3 Å². The van der Waals surface area contributed by atoms with Gasteiger partial charge in [-0.05, 0) is 17.7 Å². The summed E-state index contributed by atoms with van der Waals surface area (Å²) in [6.45, 7) is 0. The molecule has 0 unspecified atom stereocenters. The molecule has 0 radical (unpaired) electrons. The molecule has 0 saturated carbocycles. The molecule has 5 heteroatoms. The maximum Gasteiger partial charge on any atom is 0.267 e. The number of nitrogens with one attached hydrogen (secondary N) is 1. The van der Waals surface area contributed by atoms with E-state index in [0.29, 0.717) is 10.8 Å². The zero-order valence-corrected chi connectivity index (χ0v) is 9.89. The van der Waals surface area contributed by atoms with Gasteiger partial charge in [-0.3, -0.25) is 9.78 Å². The highest BCUT2D eigenvalue weighted by molar-refractivity contribution is 7.11. The molecule has 0 spiro atoms. The number of hydrogen-bond acceptors (Lipinski definition) is 3. The van der Waals surface area contributed by atoms with Crippen molar-refractivity contribution in [3.8, 4) is 0 Å². The summed E-state index contributed by atoms with van der Waals surface area (Å²) in [4.78, 5) is 16.2. The van der Waals surface area contributed by atoms with Gasteiger partial charge >= 0.3 is 0 Å². The first-order chi connectivity index (χ1) is 7.79. The Morgan fingerprint density at radius 3 is 3.06 bits per heavy atom. The molecule has 0 aliphatic heterocycles. The summed E-state index contributed by atoms with van der Waals surface area (Å²) >= 11 is 7.03. The van der Waals surface area contributed by atoms with Crippen molar-refractivity contribution in [3.05, 3.63) is 46.4 Å². The highest BCUT2D eigenvalue weighted by Crippen LogP contribution is 2.14. The number of carbonyl (C=O) groups is 1. The maximum atomic E-state index is 11.7. The van der Waals surface area contributed by atoms with Gasteiger partial charge in [0.2, 0.25) is 0 Å². The summed E-state index contributed by atoms with van der Waals surface area (Å²) in [5.74, 6) is 0.291. The Morgan fingerprint density at radius 2 is 2.38 bits per heavy atom. The van der Waals surface area contributed by atoms with Gasteiger partial charge in [0.05, 0.1) is 11.7 Å². The predicted molar refractivity (Wildman–Crippen MR) is 66.1 cm³/mol. The molecule has 1 aromatic carbocycles. The van der Waals surface area contributed by atoms with Crippen LogP contribution < -0.4 is 5.32 Å². The lowest BCUT2D eigenvalue weighted by Gasteiger charge is -2.04. The Morgan fingerprint density at radius 1 is 1.50 bits per heavy atom. The van der Waals surface area contributed by atoms with E-state index in [4.69, 9.17) is 11.6 Å². The fourth-order valence-corrected chi connectivity index (χ4v) is 1.93. The fraction of sp³-hybridized carbons (Fsp3) is 0.0909. The number of thiazole rings is 1. The summed E-state index contributed by atoms with van der Waals surface area (Å²) in [6.07, 6.45) is 1.55. The van der Waals surface area contributed by atoms with Crippen LogP contribution in [0.4, 0.5) is 5.69 Å². The molecule has 0 aliphatic carbocycles. The minimum atomic E-state index is -0.144. The minimum Gasteiger partial charge on any atom is -0.321 e. The molecule has 1 aromatic heterocycles. The molecule has 0 fully saturated rings. The first kappa shape index (κ1) is 11.1. The average Bonchev–Trinajstić information content (AvgIpc) is 2.83. The summed E-state index contributed by atoms with van der Waals surface area (Å²) in [5, 5.41) is 2.79. The molecule has 1 heterocycles. The van der Waals surface area contributed by atoms with Gasteiger partial charge in [-0.2, -0.15) is 0 Å². The van der Waals surface area contributed by atoms with E-state index < -0.39 is 0 Å². The summed E-state index contributed by atoms with van der Waals surface area (Å²) < 4.78 is 0. The van der Waals surface area contributed by atoms with Crippen molar-refractivity contribution < 1.29 is 4.79 Å². The van der Waals surface area contributed by atoms with Crippen molar-refractivity contribution in [2.75, 3.05) is 5.32 Å². The Balaban J connectivity index is 2.12. The van der Waals surface area contributed by atoms with Crippen LogP contribution in [0.3, 0.4) is 0 Å². The second-order valence-corrected chi connectivity index (χ2v) is 4.31. The van der Waals surface area contributed by atoms with Crippen molar-refractivity contribution in [2.45, 2.75) is 5.88 Å². The number of anilines is 1. The first-order valence-corrected chi connectivity index (χ1v) is 6.06. The number of nitrogens with zero attached hydrogens (tertiary/aromatic N) is 1. The van der Waals surface area contributed by atoms with Crippen LogP contribution in [-0.2, 0) is 5.88 Å².